The molecule has 0 aromatic carbocycles. The minimum Gasteiger partial charge on any atom is -0.494 e. The van der Waals surface area contributed by atoms with Crippen LogP contribution in [0.3, 0.4) is 0 Å². The van der Waals surface area contributed by atoms with E-state index >= 15 is 0 Å². The molecule has 0 amide bonds. The number of nitrogens with one attached hydrogen (secondary N) is 1. The van der Waals surface area contributed by atoms with Crippen molar-refractivity contribution in [3.8, 4) is 5.88 Å². The molecule has 0 saturated carbocycles. The molecule has 0 spiro atoms. The molecule has 0 atom stereocenters. The SMILES string of the molecule is CC(C)OC(=O)c1cc(O)[nH]c(=O)c1. The quantitative estimate of drug-likeness (QED) is 0.682. The van der Waals surface area contributed by atoms with Gasteiger partial charge in [0.25, 0.3) is 5.56 Å². The molecule has 0 saturated heterocycles. The first kappa shape index (κ1) is 10.3. The van der Waals surface area contributed by atoms with E-state index in [0.717, 1.165) is 12.1 Å². The Labute approximate surface area is 80.3 Å². The summed E-state index contributed by atoms with van der Waals surface area (Å²) in [4.78, 5) is 24.3. The monoisotopic (exact) mass is 197 g/mol. The van der Waals surface area contributed by atoms with Gasteiger partial charge < -0.3 is 9.84 Å². The molecular weight excluding hydrogens is 186 g/mol. The third kappa shape index (κ3) is 2.62. The lowest BCUT2D eigenvalue weighted by molar-refractivity contribution is 0.0377. The highest BCUT2D eigenvalue weighted by atomic mass is 16.5. The molecule has 0 radical (unpaired) electrons. The Morgan fingerprint density at radius 3 is 2.64 bits per heavy atom. The highest BCUT2D eigenvalue weighted by Gasteiger charge is 2.10. The molecule has 0 unspecified atom stereocenters. The van der Waals surface area contributed by atoms with E-state index in [2.05, 4.69) is 4.98 Å². The van der Waals surface area contributed by atoms with Crippen LogP contribution in [0.4, 0.5) is 0 Å². The fourth-order valence-corrected chi connectivity index (χ4v) is 0.929. The van der Waals surface area contributed by atoms with Gasteiger partial charge in [-0.15, -0.1) is 0 Å². The van der Waals surface area contributed by atoms with E-state index in [4.69, 9.17) is 9.84 Å². The Morgan fingerprint density at radius 1 is 1.50 bits per heavy atom. The van der Waals surface area contributed by atoms with Crippen LogP contribution in [0.2, 0.25) is 0 Å². The highest BCUT2D eigenvalue weighted by molar-refractivity contribution is 5.89. The van der Waals surface area contributed by atoms with Gasteiger partial charge >= 0.3 is 5.97 Å². The molecule has 0 aliphatic heterocycles. The Kier molecular flexibility index (Phi) is 2.91. The highest BCUT2D eigenvalue weighted by Crippen LogP contribution is 2.06. The summed E-state index contributed by atoms with van der Waals surface area (Å²) in [7, 11) is 0. The topological polar surface area (TPSA) is 79.4 Å². The number of aromatic hydroxyl groups is 1. The summed E-state index contributed by atoms with van der Waals surface area (Å²) >= 11 is 0. The number of esters is 1. The van der Waals surface area contributed by atoms with Crippen LogP contribution < -0.4 is 5.56 Å². The number of aromatic amines is 1. The number of carbonyl (C=O) groups excluding carboxylic acids is 1. The van der Waals surface area contributed by atoms with E-state index in [0.29, 0.717) is 0 Å². The van der Waals surface area contributed by atoms with E-state index in [1.54, 1.807) is 13.8 Å². The standard InChI is InChI=1S/C9H11NO4/c1-5(2)14-9(13)6-3-7(11)10-8(12)4-6/h3-5H,1-2H3,(H2,10,11,12). The maximum absolute atomic E-state index is 11.3. The van der Waals surface area contributed by atoms with Gasteiger partial charge in [0.15, 0.2) is 5.88 Å². The number of ether oxygens (including phenoxy) is 1. The Morgan fingerprint density at radius 2 is 2.14 bits per heavy atom. The minimum atomic E-state index is -0.624. The molecular formula is C9H11NO4. The van der Waals surface area contributed by atoms with Crippen molar-refractivity contribution in [1.82, 2.24) is 4.98 Å². The molecule has 0 aliphatic carbocycles. The molecule has 1 aromatic heterocycles. The molecule has 0 fully saturated rings. The smallest absolute Gasteiger partial charge is 0.338 e. The largest absolute Gasteiger partial charge is 0.494 e. The van der Waals surface area contributed by atoms with Crippen molar-refractivity contribution in [1.29, 1.82) is 0 Å². The molecule has 1 rings (SSSR count). The first-order chi connectivity index (χ1) is 6.49. The van der Waals surface area contributed by atoms with Crippen molar-refractivity contribution in [2.24, 2.45) is 0 Å². The molecule has 0 bridgehead atoms. The van der Waals surface area contributed by atoms with Crippen molar-refractivity contribution in [3.05, 3.63) is 28.0 Å². The molecule has 2 N–H and O–H groups in total. The minimum absolute atomic E-state index is 0.0416. The zero-order valence-corrected chi connectivity index (χ0v) is 7.90. The van der Waals surface area contributed by atoms with Crippen molar-refractivity contribution >= 4 is 5.97 Å². The zero-order valence-electron chi connectivity index (χ0n) is 7.90. The van der Waals surface area contributed by atoms with Gasteiger partial charge in [0.05, 0.1) is 11.7 Å². The summed E-state index contributed by atoms with van der Waals surface area (Å²) in [5.41, 5.74) is -0.499. The molecule has 14 heavy (non-hydrogen) atoms. The van der Waals surface area contributed by atoms with E-state index < -0.39 is 11.5 Å². The first-order valence-corrected chi connectivity index (χ1v) is 4.13. The van der Waals surface area contributed by atoms with Crippen molar-refractivity contribution in [2.75, 3.05) is 0 Å². The van der Waals surface area contributed by atoms with Gasteiger partial charge in [0.1, 0.15) is 0 Å². The van der Waals surface area contributed by atoms with E-state index in [9.17, 15) is 9.59 Å². The van der Waals surface area contributed by atoms with Crippen LogP contribution in [-0.4, -0.2) is 22.2 Å². The number of hydrogen-bond donors (Lipinski definition) is 2. The summed E-state index contributed by atoms with van der Waals surface area (Å²) in [6, 6.07) is 2.22. The summed E-state index contributed by atoms with van der Waals surface area (Å²) < 4.78 is 4.84. The van der Waals surface area contributed by atoms with Gasteiger partial charge in [-0.1, -0.05) is 0 Å². The summed E-state index contributed by atoms with van der Waals surface area (Å²) in [5, 5.41) is 9.01. The Hall–Kier alpha value is -1.78. The third-order valence-electron chi connectivity index (χ3n) is 1.41. The van der Waals surface area contributed by atoms with Crippen LogP contribution in [0.5, 0.6) is 5.88 Å². The number of H-pyrrole nitrogens is 1. The second-order valence-corrected chi connectivity index (χ2v) is 3.07. The fraction of sp³-hybridized carbons (Fsp3) is 0.333. The molecule has 1 aromatic rings. The summed E-state index contributed by atoms with van der Waals surface area (Å²) in [6.45, 7) is 3.40. The second-order valence-electron chi connectivity index (χ2n) is 3.07. The average molecular weight is 197 g/mol. The maximum atomic E-state index is 11.3. The van der Waals surface area contributed by atoms with Crippen LogP contribution in [0, 0.1) is 0 Å². The zero-order chi connectivity index (χ0) is 10.7. The lowest BCUT2D eigenvalue weighted by atomic mass is 10.2. The Balaban J connectivity index is 2.96. The van der Waals surface area contributed by atoms with Crippen LogP contribution in [-0.2, 0) is 4.74 Å². The molecule has 0 aliphatic rings. The number of rotatable bonds is 2. The van der Waals surface area contributed by atoms with Crippen molar-refractivity contribution in [3.63, 3.8) is 0 Å². The second kappa shape index (κ2) is 3.95. The average Bonchev–Trinajstić information content (AvgIpc) is 2.00. The lowest BCUT2D eigenvalue weighted by Crippen LogP contribution is -2.15. The third-order valence-corrected chi connectivity index (χ3v) is 1.41. The molecule has 1 heterocycles. The summed E-state index contributed by atoms with van der Waals surface area (Å²) in [6.07, 6.45) is -0.260. The molecule has 5 nitrogen and oxygen atoms in total. The van der Waals surface area contributed by atoms with E-state index in [1.807, 2.05) is 0 Å². The fourth-order valence-electron chi connectivity index (χ4n) is 0.929. The Bertz CT molecular complexity index is 394. The number of aromatic nitrogens is 1. The first-order valence-electron chi connectivity index (χ1n) is 4.13. The van der Waals surface area contributed by atoms with Crippen LogP contribution in [0.15, 0.2) is 16.9 Å². The lowest BCUT2D eigenvalue weighted by Gasteiger charge is -2.07. The van der Waals surface area contributed by atoms with Crippen LogP contribution in [0.25, 0.3) is 0 Å². The number of pyridine rings is 1. The van der Waals surface area contributed by atoms with Crippen LogP contribution >= 0.6 is 0 Å². The maximum Gasteiger partial charge on any atom is 0.338 e. The number of carbonyl (C=O) groups is 1. The van der Waals surface area contributed by atoms with Gasteiger partial charge in [-0.05, 0) is 13.8 Å². The normalized spacial score (nSPS) is 10.2. The van der Waals surface area contributed by atoms with Crippen molar-refractivity contribution in [2.45, 2.75) is 20.0 Å². The predicted octanol–water partition coefficient (Wildman–Crippen LogP) is 0.646. The van der Waals surface area contributed by atoms with Crippen molar-refractivity contribution < 1.29 is 14.6 Å². The number of hydrogen-bond acceptors (Lipinski definition) is 4. The van der Waals surface area contributed by atoms with Gasteiger partial charge in [-0.2, -0.15) is 0 Å². The molecule has 76 valence electrons. The van der Waals surface area contributed by atoms with E-state index in [1.165, 1.54) is 0 Å². The van der Waals surface area contributed by atoms with E-state index in [-0.39, 0.29) is 17.5 Å². The van der Waals surface area contributed by atoms with Crippen LogP contribution in [0.1, 0.15) is 24.2 Å². The summed E-state index contributed by atoms with van der Waals surface area (Å²) in [5.74, 6) is -0.977. The molecule has 5 heteroatoms. The predicted molar refractivity (Wildman–Crippen MR) is 49.3 cm³/mol. The van der Waals surface area contributed by atoms with Gasteiger partial charge in [-0.25, -0.2) is 4.79 Å². The van der Waals surface area contributed by atoms with Gasteiger partial charge in [0, 0.05) is 12.1 Å². The van der Waals surface area contributed by atoms with Gasteiger partial charge in [-0.3, -0.25) is 9.78 Å². The van der Waals surface area contributed by atoms with Gasteiger partial charge in [0.2, 0.25) is 0 Å².